The minimum absolute atomic E-state index is 0.00810. The molecular formula is C28H34N4O2. The number of carbonyl (C=O) groups excluding carboxylic acids is 2. The van der Waals surface area contributed by atoms with E-state index in [0.717, 1.165) is 17.7 Å². The number of para-hydroxylation sites is 1. The SMILES string of the molecule is CCc1ccccc1NC(=O)CN1CCN(C(=O)CN[C@@H](C)c2cccc3ccccc23)CC1. The molecule has 1 fully saturated rings. The van der Waals surface area contributed by atoms with Gasteiger partial charge in [-0.25, -0.2) is 0 Å². The van der Waals surface area contributed by atoms with Gasteiger partial charge in [0.05, 0.1) is 13.1 Å². The zero-order valence-corrected chi connectivity index (χ0v) is 20.1. The molecule has 1 heterocycles. The van der Waals surface area contributed by atoms with Crippen LogP contribution in [0.2, 0.25) is 0 Å². The minimum atomic E-state index is -0.00810. The summed E-state index contributed by atoms with van der Waals surface area (Å²) in [4.78, 5) is 29.3. The molecule has 0 aromatic heterocycles. The molecule has 3 aromatic carbocycles. The number of carbonyl (C=O) groups is 2. The van der Waals surface area contributed by atoms with Crippen molar-refractivity contribution in [3.05, 3.63) is 77.9 Å². The van der Waals surface area contributed by atoms with Crippen molar-refractivity contribution in [1.29, 1.82) is 0 Å². The summed E-state index contributed by atoms with van der Waals surface area (Å²) in [6.45, 7) is 7.52. The molecule has 34 heavy (non-hydrogen) atoms. The van der Waals surface area contributed by atoms with Crippen LogP contribution < -0.4 is 10.6 Å². The fraction of sp³-hybridized carbons (Fsp3) is 0.357. The van der Waals surface area contributed by atoms with E-state index in [9.17, 15) is 9.59 Å². The molecule has 178 valence electrons. The number of benzene rings is 3. The van der Waals surface area contributed by atoms with E-state index in [1.807, 2.05) is 41.3 Å². The van der Waals surface area contributed by atoms with Gasteiger partial charge in [-0.3, -0.25) is 14.5 Å². The van der Waals surface area contributed by atoms with E-state index in [2.05, 4.69) is 59.7 Å². The summed E-state index contributed by atoms with van der Waals surface area (Å²) in [5, 5.41) is 8.85. The number of anilines is 1. The fourth-order valence-electron chi connectivity index (χ4n) is 4.59. The number of hydrogen-bond acceptors (Lipinski definition) is 4. The van der Waals surface area contributed by atoms with Crippen molar-refractivity contribution in [2.75, 3.05) is 44.6 Å². The summed E-state index contributed by atoms with van der Waals surface area (Å²) in [7, 11) is 0. The summed E-state index contributed by atoms with van der Waals surface area (Å²) < 4.78 is 0. The fourth-order valence-corrected chi connectivity index (χ4v) is 4.59. The van der Waals surface area contributed by atoms with E-state index in [1.54, 1.807) is 0 Å². The van der Waals surface area contributed by atoms with Crippen LogP contribution in [0.4, 0.5) is 5.69 Å². The second-order valence-corrected chi connectivity index (χ2v) is 8.89. The van der Waals surface area contributed by atoms with Gasteiger partial charge in [-0.1, -0.05) is 67.6 Å². The lowest BCUT2D eigenvalue weighted by atomic mass is 10.00. The second-order valence-electron chi connectivity index (χ2n) is 8.89. The van der Waals surface area contributed by atoms with Crippen molar-refractivity contribution in [2.45, 2.75) is 26.3 Å². The van der Waals surface area contributed by atoms with Crippen molar-refractivity contribution in [2.24, 2.45) is 0 Å². The Bertz CT molecular complexity index is 1130. The first-order valence-electron chi connectivity index (χ1n) is 12.1. The average Bonchev–Trinajstić information content (AvgIpc) is 2.87. The molecule has 0 unspecified atom stereocenters. The van der Waals surface area contributed by atoms with E-state index in [0.29, 0.717) is 39.3 Å². The monoisotopic (exact) mass is 458 g/mol. The number of rotatable bonds is 8. The van der Waals surface area contributed by atoms with Gasteiger partial charge in [0.25, 0.3) is 0 Å². The van der Waals surface area contributed by atoms with Gasteiger partial charge in [0.1, 0.15) is 0 Å². The number of nitrogens with zero attached hydrogens (tertiary/aromatic N) is 2. The van der Waals surface area contributed by atoms with E-state index < -0.39 is 0 Å². The first kappa shape index (κ1) is 23.9. The van der Waals surface area contributed by atoms with Crippen LogP contribution >= 0.6 is 0 Å². The summed E-state index contributed by atoms with van der Waals surface area (Å²) in [6.07, 6.45) is 0.879. The highest BCUT2D eigenvalue weighted by Gasteiger charge is 2.23. The van der Waals surface area contributed by atoms with Crippen molar-refractivity contribution in [1.82, 2.24) is 15.1 Å². The molecular weight excluding hydrogens is 424 g/mol. The lowest BCUT2D eigenvalue weighted by molar-refractivity contribution is -0.132. The molecule has 1 atom stereocenters. The second kappa shape index (κ2) is 11.3. The van der Waals surface area contributed by atoms with Crippen LogP contribution in [0.1, 0.15) is 31.0 Å². The van der Waals surface area contributed by atoms with Crippen LogP contribution in [-0.4, -0.2) is 60.9 Å². The van der Waals surface area contributed by atoms with Crippen LogP contribution in [0.15, 0.2) is 66.7 Å². The smallest absolute Gasteiger partial charge is 0.238 e. The van der Waals surface area contributed by atoms with Crippen molar-refractivity contribution < 1.29 is 9.59 Å². The van der Waals surface area contributed by atoms with Gasteiger partial charge in [-0.05, 0) is 41.3 Å². The number of piperazine rings is 1. The summed E-state index contributed by atoms with van der Waals surface area (Å²) >= 11 is 0. The Balaban J connectivity index is 1.23. The summed E-state index contributed by atoms with van der Waals surface area (Å²) in [6, 6.07) is 22.6. The predicted molar refractivity (Wildman–Crippen MR) is 138 cm³/mol. The molecule has 4 rings (SSSR count). The van der Waals surface area contributed by atoms with Crippen LogP contribution in [-0.2, 0) is 16.0 Å². The highest BCUT2D eigenvalue weighted by atomic mass is 16.2. The van der Waals surface area contributed by atoms with Gasteiger partial charge >= 0.3 is 0 Å². The maximum Gasteiger partial charge on any atom is 0.238 e. The van der Waals surface area contributed by atoms with Gasteiger partial charge in [-0.15, -0.1) is 0 Å². The van der Waals surface area contributed by atoms with Gasteiger partial charge in [-0.2, -0.15) is 0 Å². The van der Waals surface area contributed by atoms with Crippen LogP contribution in [0.25, 0.3) is 10.8 Å². The quantitative estimate of drug-likeness (QED) is 0.538. The Hall–Kier alpha value is -3.22. The van der Waals surface area contributed by atoms with E-state index in [4.69, 9.17) is 0 Å². The lowest BCUT2D eigenvalue weighted by Gasteiger charge is -2.34. The van der Waals surface area contributed by atoms with Gasteiger partial charge < -0.3 is 15.5 Å². The molecule has 1 aliphatic rings. The van der Waals surface area contributed by atoms with Crippen molar-refractivity contribution in [3.8, 4) is 0 Å². The molecule has 6 heteroatoms. The van der Waals surface area contributed by atoms with Crippen LogP contribution in [0.5, 0.6) is 0 Å². The third kappa shape index (κ3) is 5.82. The molecule has 0 aliphatic carbocycles. The molecule has 2 amide bonds. The third-order valence-corrected chi connectivity index (χ3v) is 6.61. The first-order valence-corrected chi connectivity index (χ1v) is 12.1. The number of amides is 2. The molecule has 0 saturated carbocycles. The highest BCUT2D eigenvalue weighted by molar-refractivity contribution is 5.93. The Morgan fingerprint density at radius 2 is 1.62 bits per heavy atom. The maximum atomic E-state index is 12.8. The minimum Gasteiger partial charge on any atom is -0.339 e. The molecule has 2 N–H and O–H groups in total. The molecule has 6 nitrogen and oxygen atoms in total. The molecule has 1 saturated heterocycles. The van der Waals surface area contributed by atoms with Gasteiger partial charge in [0.15, 0.2) is 0 Å². The van der Waals surface area contributed by atoms with Crippen LogP contribution in [0, 0.1) is 0 Å². The highest BCUT2D eigenvalue weighted by Crippen LogP contribution is 2.24. The van der Waals surface area contributed by atoms with E-state index in [1.165, 1.54) is 16.3 Å². The Morgan fingerprint density at radius 1 is 0.912 bits per heavy atom. The molecule has 0 radical (unpaired) electrons. The molecule has 1 aliphatic heterocycles. The zero-order valence-electron chi connectivity index (χ0n) is 20.1. The Kier molecular flexibility index (Phi) is 7.93. The lowest BCUT2D eigenvalue weighted by Crippen LogP contribution is -2.52. The average molecular weight is 459 g/mol. The van der Waals surface area contributed by atoms with Crippen LogP contribution in [0.3, 0.4) is 0 Å². The molecule has 3 aromatic rings. The normalized spacial score (nSPS) is 15.3. The largest absolute Gasteiger partial charge is 0.339 e. The number of aryl methyl sites for hydroxylation is 1. The number of hydrogen-bond donors (Lipinski definition) is 2. The number of fused-ring (bicyclic) bond motifs is 1. The van der Waals surface area contributed by atoms with Crippen molar-refractivity contribution in [3.63, 3.8) is 0 Å². The van der Waals surface area contributed by atoms with Gasteiger partial charge in [0, 0.05) is 37.9 Å². The third-order valence-electron chi connectivity index (χ3n) is 6.61. The Labute approximate surface area is 201 Å². The van der Waals surface area contributed by atoms with Gasteiger partial charge in [0.2, 0.25) is 11.8 Å². The van der Waals surface area contributed by atoms with E-state index >= 15 is 0 Å². The number of nitrogens with one attached hydrogen (secondary N) is 2. The van der Waals surface area contributed by atoms with Crippen molar-refractivity contribution >= 4 is 28.3 Å². The molecule has 0 bridgehead atoms. The predicted octanol–water partition coefficient (Wildman–Crippen LogP) is 3.84. The topological polar surface area (TPSA) is 64.7 Å². The standard InChI is InChI=1S/C28H34N4O2/c1-3-22-9-5-7-14-26(22)30-27(33)20-31-15-17-32(18-16-31)28(34)19-29-21(2)24-13-8-11-23-10-4-6-12-25(23)24/h4-14,21,29H,3,15-20H2,1-2H3,(H,30,33)/t21-/m0/s1. The summed E-state index contributed by atoms with van der Waals surface area (Å²) in [5.74, 6) is 0.0966. The molecule has 0 spiro atoms. The first-order chi connectivity index (χ1) is 16.5. The zero-order chi connectivity index (χ0) is 23.9. The Morgan fingerprint density at radius 3 is 2.41 bits per heavy atom. The maximum absolute atomic E-state index is 12.8. The summed E-state index contributed by atoms with van der Waals surface area (Å²) in [5.41, 5.74) is 3.22. The van der Waals surface area contributed by atoms with E-state index in [-0.39, 0.29) is 17.9 Å².